The second-order valence-electron chi connectivity index (χ2n) is 10.6. The number of hydrogen-bond acceptors (Lipinski definition) is 8. The van der Waals surface area contributed by atoms with Gasteiger partial charge in [0, 0.05) is 36.8 Å². The van der Waals surface area contributed by atoms with Gasteiger partial charge in [-0.15, -0.1) is 0 Å². The van der Waals surface area contributed by atoms with Gasteiger partial charge in [0.25, 0.3) is 10.0 Å². The van der Waals surface area contributed by atoms with Crippen molar-refractivity contribution in [2.75, 3.05) is 45.2 Å². The number of rotatable bonds is 12. The summed E-state index contributed by atoms with van der Waals surface area (Å²) in [6.07, 6.45) is 5.01. The smallest absolute Gasteiger partial charge is 0.265 e. The number of fused-ring (bicyclic) bond motifs is 1. The van der Waals surface area contributed by atoms with E-state index in [9.17, 15) is 8.42 Å². The Balaban J connectivity index is 1.29. The summed E-state index contributed by atoms with van der Waals surface area (Å²) in [5, 5.41) is 0.606. The summed E-state index contributed by atoms with van der Waals surface area (Å²) >= 11 is 0. The van der Waals surface area contributed by atoms with E-state index >= 15 is 4.39 Å². The number of halogens is 1. The monoisotopic (exact) mass is 609 g/mol. The molecular formula is C32H36FN3O6S. The molecule has 228 valence electrons. The molecule has 1 aliphatic rings. The van der Waals surface area contributed by atoms with Crippen molar-refractivity contribution in [1.29, 1.82) is 0 Å². The SMILES string of the molecule is COc1cc2c(Oc3ccc(NS(=O)(=O)c4ccccc4OC)cc3F)ccnc2cc1OCCCN1CCCC(C)C1. The molecule has 0 amide bonds. The second-order valence-corrected chi connectivity index (χ2v) is 12.2. The number of para-hydroxylation sites is 1. The Morgan fingerprint density at radius 2 is 1.79 bits per heavy atom. The van der Waals surface area contributed by atoms with Crippen LogP contribution in [0.4, 0.5) is 10.1 Å². The Labute approximate surface area is 251 Å². The van der Waals surface area contributed by atoms with Crippen LogP contribution < -0.4 is 23.7 Å². The highest BCUT2D eigenvalue weighted by Gasteiger charge is 2.21. The van der Waals surface area contributed by atoms with Crippen molar-refractivity contribution in [2.24, 2.45) is 5.92 Å². The van der Waals surface area contributed by atoms with Crippen LogP contribution in [0.3, 0.4) is 0 Å². The highest BCUT2D eigenvalue weighted by Crippen LogP contribution is 2.38. The molecule has 0 aliphatic carbocycles. The van der Waals surface area contributed by atoms with E-state index in [1.54, 1.807) is 43.6 Å². The predicted molar refractivity (Wildman–Crippen MR) is 164 cm³/mol. The van der Waals surface area contributed by atoms with E-state index in [0.29, 0.717) is 34.8 Å². The molecule has 5 rings (SSSR count). The van der Waals surface area contributed by atoms with Gasteiger partial charge in [0.2, 0.25) is 0 Å². The van der Waals surface area contributed by atoms with E-state index in [1.807, 2.05) is 0 Å². The summed E-state index contributed by atoms with van der Waals surface area (Å²) < 4.78 is 66.1. The first kappa shape index (κ1) is 30.4. The average molecular weight is 610 g/mol. The number of likely N-dealkylation sites (tertiary alicyclic amines) is 1. The summed E-state index contributed by atoms with van der Waals surface area (Å²) in [6, 6.07) is 15.2. The van der Waals surface area contributed by atoms with Crippen LogP contribution in [0, 0.1) is 11.7 Å². The zero-order valence-corrected chi connectivity index (χ0v) is 25.3. The Morgan fingerprint density at radius 3 is 2.56 bits per heavy atom. The highest BCUT2D eigenvalue weighted by atomic mass is 32.2. The van der Waals surface area contributed by atoms with Crippen LogP contribution >= 0.6 is 0 Å². The lowest BCUT2D eigenvalue weighted by Crippen LogP contribution is -2.35. The van der Waals surface area contributed by atoms with Crippen molar-refractivity contribution in [2.45, 2.75) is 31.1 Å². The highest BCUT2D eigenvalue weighted by molar-refractivity contribution is 7.92. The third kappa shape index (κ3) is 7.29. The number of methoxy groups -OCH3 is 2. The fourth-order valence-corrected chi connectivity index (χ4v) is 6.49. The fourth-order valence-electron chi connectivity index (χ4n) is 5.27. The summed E-state index contributed by atoms with van der Waals surface area (Å²) in [4.78, 5) is 6.87. The normalized spacial score (nSPS) is 15.7. The number of aromatic nitrogens is 1. The van der Waals surface area contributed by atoms with E-state index in [-0.39, 0.29) is 22.1 Å². The molecule has 1 atom stereocenters. The second kappa shape index (κ2) is 13.5. The number of benzene rings is 3. The summed E-state index contributed by atoms with van der Waals surface area (Å²) in [7, 11) is -1.08. The molecule has 2 heterocycles. The van der Waals surface area contributed by atoms with Crippen LogP contribution in [-0.4, -0.2) is 58.8 Å². The number of hydrogen-bond donors (Lipinski definition) is 1. The Bertz CT molecular complexity index is 1680. The zero-order valence-electron chi connectivity index (χ0n) is 24.5. The van der Waals surface area contributed by atoms with Crippen LogP contribution in [0.15, 0.2) is 71.8 Å². The molecule has 43 heavy (non-hydrogen) atoms. The third-order valence-electron chi connectivity index (χ3n) is 7.37. The van der Waals surface area contributed by atoms with Crippen molar-refractivity contribution in [1.82, 2.24) is 9.88 Å². The number of sulfonamides is 1. The van der Waals surface area contributed by atoms with Crippen LogP contribution in [-0.2, 0) is 10.0 Å². The van der Waals surface area contributed by atoms with Crippen molar-refractivity contribution >= 4 is 26.6 Å². The van der Waals surface area contributed by atoms with Gasteiger partial charge in [0.1, 0.15) is 16.4 Å². The van der Waals surface area contributed by atoms with E-state index in [0.717, 1.165) is 38.0 Å². The first-order valence-electron chi connectivity index (χ1n) is 14.2. The van der Waals surface area contributed by atoms with Crippen LogP contribution in [0.2, 0.25) is 0 Å². The van der Waals surface area contributed by atoms with Crippen LogP contribution in [0.25, 0.3) is 10.9 Å². The van der Waals surface area contributed by atoms with Gasteiger partial charge in [0.15, 0.2) is 23.1 Å². The molecule has 1 saturated heterocycles. The van der Waals surface area contributed by atoms with Gasteiger partial charge >= 0.3 is 0 Å². The number of nitrogens with zero attached hydrogens (tertiary/aromatic N) is 2. The number of ether oxygens (including phenoxy) is 4. The van der Waals surface area contributed by atoms with Gasteiger partial charge in [-0.1, -0.05) is 19.1 Å². The molecule has 3 aromatic carbocycles. The van der Waals surface area contributed by atoms with Crippen LogP contribution in [0.1, 0.15) is 26.2 Å². The fraction of sp³-hybridized carbons (Fsp3) is 0.344. The molecule has 1 unspecified atom stereocenters. The molecule has 9 nitrogen and oxygen atoms in total. The van der Waals surface area contributed by atoms with Crippen molar-refractivity contribution in [3.8, 4) is 28.7 Å². The minimum Gasteiger partial charge on any atom is -0.495 e. The van der Waals surface area contributed by atoms with Crippen molar-refractivity contribution in [3.63, 3.8) is 0 Å². The average Bonchev–Trinajstić information content (AvgIpc) is 3.00. The van der Waals surface area contributed by atoms with Gasteiger partial charge in [0.05, 0.1) is 32.0 Å². The van der Waals surface area contributed by atoms with E-state index in [2.05, 4.69) is 21.5 Å². The zero-order chi connectivity index (χ0) is 30.4. The standard InChI is InChI=1S/C32H36FN3O6S/c1-22-8-6-15-36(21-22)16-7-17-41-31-20-26-24(19-30(31)40-3)27(13-14-34-26)42-28-12-11-23(18-25(28)33)35-43(37,38)32-10-5-4-9-29(32)39-2/h4-5,9-14,18-20,22,35H,6-8,15-17,21H2,1-3H3. The molecule has 1 aromatic heterocycles. The molecule has 1 fully saturated rings. The number of piperidine rings is 1. The maximum absolute atomic E-state index is 15.1. The van der Waals surface area contributed by atoms with E-state index in [4.69, 9.17) is 18.9 Å². The Kier molecular flexibility index (Phi) is 9.52. The van der Waals surface area contributed by atoms with Crippen LogP contribution in [0.5, 0.6) is 28.7 Å². The minimum absolute atomic E-state index is 0.0357. The Hall–Kier alpha value is -4.09. The molecule has 0 saturated carbocycles. The lowest BCUT2D eigenvalue weighted by molar-refractivity contribution is 0.169. The Morgan fingerprint density at radius 1 is 0.977 bits per heavy atom. The molecule has 1 aliphatic heterocycles. The van der Waals surface area contributed by atoms with Gasteiger partial charge in [-0.3, -0.25) is 9.71 Å². The van der Waals surface area contributed by atoms with E-state index in [1.165, 1.54) is 44.2 Å². The number of anilines is 1. The third-order valence-corrected chi connectivity index (χ3v) is 8.79. The lowest BCUT2D eigenvalue weighted by atomic mass is 10.0. The molecule has 4 aromatic rings. The maximum atomic E-state index is 15.1. The summed E-state index contributed by atoms with van der Waals surface area (Å²) in [6.45, 7) is 6.10. The lowest BCUT2D eigenvalue weighted by Gasteiger charge is -2.30. The van der Waals surface area contributed by atoms with Gasteiger partial charge in [-0.05, 0) is 68.1 Å². The first-order chi connectivity index (χ1) is 20.8. The largest absolute Gasteiger partial charge is 0.495 e. The van der Waals surface area contributed by atoms with Gasteiger partial charge in [-0.2, -0.15) is 0 Å². The molecule has 1 N–H and O–H groups in total. The summed E-state index contributed by atoms with van der Waals surface area (Å²) in [5.41, 5.74) is 0.633. The molecular weight excluding hydrogens is 573 g/mol. The van der Waals surface area contributed by atoms with Gasteiger partial charge < -0.3 is 23.8 Å². The predicted octanol–water partition coefficient (Wildman–Crippen LogP) is 6.49. The van der Waals surface area contributed by atoms with Crippen molar-refractivity contribution < 1.29 is 31.8 Å². The number of nitrogens with one attached hydrogen (secondary N) is 1. The van der Waals surface area contributed by atoms with Crippen molar-refractivity contribution in [3.05, 3.63) is 72.7 Å². The quantitative estimate of drug-likeness (QED) is 0.182. The minimum atomic E-state index is -4.02. The molecule has 11 heteroatoms. The summed E-state index contributed by atoms with van der Waals surface area (Å²) in [5.74, 6) is 1.52. The maximum Gasteiger partial charge on any atom is 0.265 e. The van der Waals surface area contributed by atoms with Gasteiger partial charge in [-0.25, -0.2) is 12.8 Å². The van der Waals surface area contributed by atoms with E-state index < -0.39 is 15.8 Å². The first-order valence-corrected chi connectivity index (χ1v) is 15.7. The molecule has 0 radical (unpaired) electrons. The molecule has 0 spiro atoms. The topological polar surface area (TPSA) is 99.2 Å². The number of pyridine rings is 1. The molecule has 0 bridgehead atoms.